The van der Waals surface area contributed by atoms with Gasteiger partial charge in [0.1, 0.15) is 30.3 Å². The van der Waals surface area contributed by atoms with Crippen molar-refractivity contribution >= 4 is 46.7 Å². The third-order valence-corrected chi connectivity index (χ3v) is 6.46. The van der Waals surface area contributed by atoms with E-state index in [2.05, 4.69) is 19.2 Å². The smallest absolute Gasteiger partial charge is 0.338 e. The summed E-state index contributed by atoms with van der Waals surface area (Å²) in [6, 6.07) is 19.8. The van der Waals surface area contributed by atoms with E-state index in [9.17, 15) is 19.5 Å². The van der Waals surface area contributed by atoms with E-state index in [0.717, 1.165) is 19.6 Å². The molecule has 42 heavy (non-hydrogen) atoms. The van der Waals surface area contributed by atoms with E-state index in [0.29, 0.717) is 39.4 Å². The minimum Gasteiger partial charge on any atom is -0.546 e. The summed E-state index contributed by atoms with van der Waals surface area (Å²) in [6.07, 6.45) is 0. The lowest BCUT2D eigenvalue weighted by atomic mass is 10.1. The average molecular weight is 620 g/mol. The van der Waals surface area contributed by atoms with E-state index in [1.807, 2.05) is 0 Å². The van der Waals surface area contributed by atoms with Gasteiger partial charge < -0.3 is 34.3 Å². The van der Waals surface area contributed by atoms with Crippen LogP contribution in [-0.2, 0) is 14.3 Å². The highest BCUT2D eigenvalue weighted by Gasteiger charge is 2.21. The SMILES string of the molecule is CC(C)(Oc1ccc(Cl)cc1)C(=O)[O-].CC[NH+](CC)CCOC(=O)c1ccc(NC(=O)COc2ccc(Cl)cc2)cc1. The van der Waals surface area contributed by atoms with Gasteiger partial charge in [0.2, 0.25) is 0 Å². The summed E-state index contributed by atoms with van der Waals surface area (Å²) in [5, 5.41) is 14.5. The van der Waals surface area contributed by atoms with Gasteiger partial charge in [-0.25, -0.2) is 4.79 Å². The zero-order valence-electron chi connectivity index (χ0n) is 24.1. The van der Waals surface area contributed by atoms with Gasteiger partial charge in [-0.1, -0.05) is 23.2 Å². The number of anilines is 1. The van der Waals surface area contributed by atoms with Crippen molar-refractivity contribution in [3.63, 3.8) is 0 Å². The van der Waals surface area contributed by atoms with E-state index in [1.54, 1.807) is 72.8 Å². The first kappa shape index (κ1) is 34.4. The molecule has 0 saturated heterocycles. The van der Waals surface area contributed by atoms with Gasteiger partial charge in [-0.15, -0.1) is 0 Å². The molecule has 0 radical (unpaired) electrons. The highest BCUT2D eigenvalue weighted by Crippen LogP contribution is 2.20. The summed E-state index contributed by atoms with van der Waals surface area (Å²) in [5.41, 5.74) is -0.313. The fourth-order valence-corrected chi connectivity index (χ4v) is 3.63. The molecule has 0 aliphatic heterocycles. The molecule has 0 unspecified atom stereocenters. The molecular weight excluding hydrogens is 583 g/mol. The molecule has 0 spiro atoms. The number of carboxylic acids is 1. The molecule has 3 aromatic rings. The lowest BCUT2D eigenvalue weighted by molar-refractivity contribution is -0.896. The molecule has 0 heterocycles. The molecule has 0 aliphatic carbocycles. The van der Waals surface area contributed by atoms with Crippen molar-refractivity contribution in [2.24, 2.45) is 0 Å². The van der Waals surface area contributed by atoms with Crippen LogP contribution in [0, 0.1) is 0 Å². The summed E-state index contributed by atoms with van der Waals surface area (Å²) in [7, 11) is 0. The van der Waals surface area contributed by atoms with Crippen molar-refractivity contribution in [1.29, 1.82) is 0 Å². The maximum absolute atomic E-state index is 12.1. The first-order valence-corrected chi connectivity index (χ1v) is 14.1. The molecule has 11 heteroatoms. The number of amides is 1. The number of nitrogens with one attached hydrogen (secondary N) is 2. The number of rotatable bonds is 13. The van der Waals surface area contributed by atoms with Crippen molar-refractivity contribution in [2.75, 3.05) is 38.2 Å². The molecule has 226 valence electrons. The largest absolute Gasteiger partial charge is 0.546 e. The predicted molar refractivity (Wildman–Crippen MR) is 160 cm³/mol. The highest BCUT2D eigenvalue weighted by atomic mass is 35.5. The van der Waals surface area contributed by atoms with Gasteiger partial charge in [0, 0.05) is 15.7 Å². The molecule has 0 bridgehead atoms. The van der Waals surface area contributed by atoms with Gasteiger partial charge in [0.25, 0.3) is 5.91 Å². The lowest BCUT2D eigenvalue weighted by Gasteiger charge is -2.27. The van der Waals surface area contributed by atoms with Gasteiger partial charge in [-0.2, -0.15) is 0 Å². The molecule has 3 rings (SSSR count). The minimum absolute atomic E-state index is 0.126. The van der Waals surface area contributed by atoms with Crippen LogP contribution in [-0.4, -0.2) is 56.3 Å². The summed E-state index contributed by atoms with van der Waals surface area (Å²) in [6.45, 7) is 10.1. The maximum Gasteiger partial charge on any atom is 0.338 e. The van der Waals surface area contributed by atoms with E-state index < -0.39 is 11.6 Å². The second-order valence-corrected chi connectivity index (χ2v) is 10.4. The molecule has 9 nitrogen and oxygen atoms in total. The number of carbonyl (C=O) groups excluding carboxylic acids is 3. The third kappa shape index (κ3) is 12.4. The van der Waals surface area contributed by atoms with Crippen molar-refractivity contribution in [3.8, 4) is 11.5 Å². The van der Waals surface area contributed by atoms with Crippen molar-refractivity contribution < 1.29 is 38.6 Å². The summed E-state index contributed by atoms with van der Waals surface area (Å²) >= 11 is 11.5. The normalized spacial score (nSPS) is 10.7. The standard InChI is InChI=1S/C21H25ClN2O4.C10H11ClO3/c1-3-24(4-2)13-14-27-21(26)16-5-9-18(10-6-16)23-20(25)15-28-19-11-7-17(22)8-12-19;1-10(2,9(12)13)14-8-5-3-7(11)4-6-8/h5-12H,3-4,13-15H2,1-2H3,(H,23,25);3-6H,1-2H3,(H,12,13). The Labute approximate surface area is 256 Å². The van der Waals surface area contributed by atoms with Gasteiger partial charge in [-0.05, 0) is 100 Å². The number of quaternary nitrogens is 1. The Bertz CT molecular complexity index is 1280. The Morgan fingerprint density at radius 3 is 1.86 bits per heavy atom. The van der Waals surface area contributed by atoms with Crippen LogP contribution in [0.4, 0.5) is 5.69 Å². The topological polar surface area (TPSA) is 118 Å². The van der Waals surface area contributed by atoms with E-state index >= 15 is 0 Å². The number of halogens is 2. The molecule has 0 aliphatic rings. The van der Waals surface area contributed by atoms with Crippen LogP contribution in [0.5, 0.6) is 11.5 Å². The summed E-state index contributed by atoms with van der Waals surface area (Å²) in [4.78, 5) is 36.1. The third-order valence-electron chi connectivity index (χ3n) is 5.95. The number of hydrogen-bond acceptors (Lipinski definition) is 7. The Balaban J connectivity index is 0.000000369. The van der Waals surface area contributed by atoms with Crippen LogP contribution in [0.25, 0.3) is 0 Å². The Morgan fingerprint density at radius 2 is 1.36 bits per heavy atom. The molecule has 2 N–H and O–H groups in total. The van der Waals surface area contributed by atoms with E-state index in [-0.39, 0.29) is 18.5 Å². The Hall–Kier alpha value is -3.79. The highest BCUT2D eigenvalue weighted by molar-refractivity contribution is 6.30. The number of ether oxygens (including phenoxy) is 3. The van der Waals surface area contributed by atoms with Gasteiger partial charge in [-0.3, -0.25) is 4.79 Å². The molecule has 0 atom stereocenters. The number of benzene rings is 3. The zero-order chi connectivity index (χ0) is 31.1. The van der Waals surface area contributed by atoms with Crippen molar-refractivity contribution in [3.05, 3.63) is 88.4 Å². The van der Waals surface area contributed by atoms with Crippen molar-refractivity contribution in [1.82, 2.24) is 0 Å². The fraction of sp³-hybridized carbons (Fsp3) is 0.323. The van der Waals surface area contributed by atoms with Crippen LogP contribution in [0.15, 0.2) is 72.8 Å². The fourth-order valence-electron chi connectivity index (χ4n) is 3.38. The molecule has 0 saturated carbocycles. The predicted octanol–water partition coefficient (Wildman–Crippen LogP) is 3.69. The van der Waals surface area contributed by atoms with E-state index in [1.165, 1.54) is 18.7 Å². The van der Waals surface area contributed by atoms with E-state index in [4.69, 9.17) is 37.4 Å². The molecule has 0 aromatic heterocycles. The average Bonchev–Trinajstić information content (AvgIpc) is 2.97. The number of hydrogen-bond donors (Lipinski definition) is 2. The van der Waals surface area contributed by atoms with Gasteiger partial charge in [0.05, 0.1) is 24.6 Å². The first-order chi connectivity index (χ1) is 19.9. The van der Waals surface area contributed by atoms with Crippen LogP contribution >= 0.6 is 23.2 Å². The van der Waals surface area contributed by atoms with Crippen LogP contribution in [0.2, 0.25) is 10.0 Å². The number of carboxylic acid groups (broad SMARTS) is 1. The second-order valence-electron chi connectivity index (χ2n) is 9.56. The molecule has 3 aromatic carbocycles. The van der Waals surface area contributed by atoms with Crippen LogP contribution in [0.3, 0.4) is 0 Å². The number of esters is 1. The van der Waals surface area contributed by atoms with Crippen molar-refractivity contribution in [2.45, 2.75) is 33.3 Å². The van der Waals surface area contributed by atoms with Gasteiger partial charge in [0.15, 0.2) is 6.61 Å². The Kier molecular flexibility index (Phi) is 14.1. The zero-order valence-corrected chi connectivity index (χ0v) is 25.6. The second kappa shape index (κ2) is 17.2. The quantitative estimate of drug-likeness (QED) is 0.280. The number of aliphatic carboxylic acids is 1. The molecule has 0 fully saturated rings. The molecular formula is C31H36Cl2N2O7. The number of likely N-dealkylation sites (N-methyl/N-ethyl adjacent to an activating group) is 1. The first-order valence-electron chi connectivity index (χ1n) is 13.4. The monoisotopic (exact) mass is 618 g/mol. The maximum atomic E-state index is 12.1. The summed E-state index contributed by atoms with van der Waals surface area (Å²) < 4.78 is 15.9. The number of carbonyl (C=O) groups is 3. The minimum atomic E-state index is -1.34. The summed E-state index contributed by atoms with van der Waals surface area (Å²) in [5.74, 6) is -0.914. The Morgan fingerprint density at radius 1 is 0.833 bits per heavy atom. The van der Waals surface area contributed by atoms with Crippen LogP contribution < -0.4 is 24.8 Å². The van der Waals surface area contributed by atoms with Gasteiger partial charge >= 0.3 is 5.97 Å². The molecule has 1 amide bonds. The lowest BCUT2D eigenvalue weighted by Crippen LogP contribution is -3.11. The van der Waals surface area contributed by atoms with Crippen LogP contribution in [0.1, 0.15) is 38.1 Å².